The highest BCUT2D eigenvalue weighted by molar-refractivity contribution is 6.32. The van der Waals surface area contributed by atoms with Crippen LogP contribution in [0.4, 0.5) is 0 Å². The second kappa shape index (κ2) is 18.9. The van der Waals surface area contributed by atoms with Crippen LogP contribution in [0.2, 0.25) is 5.02 Å². The molecule has 1 saturated heterocycles. The number of hydrogen-bond donors (Lipinski definition) is 4. The molecule has 4 atom stereocenters. The van der Waals surface area contributed by atoms with Crippen molar-refractivity contribution in [1.29, 1.82) is 5.26 Å². The van der Waals surface area contributed by atoms with E-state index in [1.807, 2.05) is 60.4 Å². The van der Waals surface area contributed by atoms with Crippen molar-refractivity contribution >= 4 is 34.7 Å². The van der Waals surface area contributed by atoms with Gasteiger partial charge in [0.2, 0.25) is 0 Å². The molecule has 0 spiro atoms. The molecule has 0 radical (unpaired) electrons. The number of halogens is 2. The lowest BCUT2D eigenvalue weighted by Gasteiger charge is -2.45. The average molecular weight is 766 g/mol. The number of aliphatic hydroxyl groups is 2. The van der Waals surface area contributed by atoms with Crippen molar-refractivity contribution < 1.29 is 34.3 Å². The third-order valence-corrected chi connectivity index (χ3v) is 10.4. The maximum atomic E-state index is 12.1. The zero-order chi connectivity index (χ0) is 37.8. The standard InChI is InChI=1S/C40H46Cl2N4O7/c1-39(42)33(30-9-3-2-4-10-30)11-7-13-40(39,53-16-8-14-44-23-32(48)25-47)27-52-37-19-36(51-26-29-17-28(20-43)21-45-22-29)31(18-34(37)41)24-46-15-6-5-12-35(46)38(49)50/h2-4,7,9-11,13,17-19,21-22,32,35,44,47-48H,5-6,8,12,14-16,23-27H2,1H3,(H,49,50)/t32?,35-,39?,40?/m0/s1. The Hall–Kier alpha value is -3.99. The maximum Gasteiger partial charge on any atom is 0.320 e. The molecule has 53 heavy (non-hydrogen) atoms. The van der Waals surface area contributed by atoms with E-state index in [9.17, 15) is 20.3 Å². The Balaban J connectivity index is 1.43. The smallest absolute Gasteiger partial charge is 0.320 e. The van der Waals surface area contributed by atoms with E-state index in [-0.39, 0.29) is 26.4 Å². The molecule has 0 bridgehead atoms. The fourth-order valence-electron chi connectivity index (χ4n) is 6.62. The zero-order valence-corrected chi connectivity index (χ0v) is 31.2. The van der Waals surface area contributed by atoms with Gasteiger partial charge in [0.25, 0.3) is 0 Å². The predicted molar refractivity (Wildman–Crippen MR) is 203 cm³/mol. The van der Waals surface area contributed by atoms with Crippen LogP contribution in [0.15, 0.2) is 79.2 Å². The Morgan fingerprint density at radius 2 is 1.98 bits per heavy atom. The van der Waals surface area contributed by atoms with Gasteiger partial charge in [0.1, 0.15) is 47.3 Å². The van der Waals surface area contributed by atoms with Crippen LogP contribution in [0.3, 0.4) is 0 Å². The number of likely N-dealkylation sites (tertiary alicyclic amines) is 1. The summed E-state index contributed by atoms with van der Waals surface area (Å²) in [6.07, 6.45) is 10.9. The number of aromatic nitrogens is 1. The first-order chi connectivity index (χ1) is 25.6. The van der Waals surface area contributed by atoms with Crippen molar-refractivity contribution in [2.24, 2.45) is 0 Å². The lowest BCUT2D eigenvalue weighted by molar-refractivity contribution is -0.144. The minimum atomic E-state index is -1.16. The molecule has 11 nitrogen and oxygen atoms in total. The number of piperidine rings is 1. The number of alkyl halides is 1. The van der Waals surface area contributed by atoms with Crippen molar-refractivity contribution in [3.63, 3.8) is 0 Å². The number of nitriles is 1. The number of pyridine rings is 1. The van der Waals surface area contributed by atoms with Crippen LogP contribution >= 0.6 is 23.2 Å². The zero-order valence-electron chi connectivity index (χ0n) is 29.7. The molecule has 1 aromatic heterocycles. The minimum absolute atomic E-state index is 0.0236. The molecule has 2 heterocycles. The molecule has 0 amide bonds. The van der Waals surface area contributed by atoms with E-state index in [0.29, 0.717) is 72.3 Å². The number of allylic oxidation sites excluding steroid dienone is 2. The van der Waals surface area contributed by atoms with Crippen molar-refractivity contribution in [2.45, 2.75) is 68.4 Å². The fraction of sp³-hybridized carbons (Fsp3) is 0.425. The van der Waals surface area contributed by atoms with Gasteiger partial charge in [-0.3, -0.25) is 14.7 Å². The number of carboxylic acids is 1. The van der Waals surface area contributed by atoms with Crippen LogP contribution in [0.25, 0.3) is 5.57 Å². The SMILES string of the molecule is CC1(Cl)C(c2ccccc2)=CC=CC1(COc1cc(OCc2cncc(C#N)c2)c(CN2CCCC[C@H]2C(=O)O)cc1Cl)OCCCNCC(O)CO. The Kier molecular flexibility index (Phi) is 14.3. The average Bonchev–Trinajstić information content (AvgIpc) is 3.16. The Morgan fingerprint density at radius 1 is 1.17 bits per heavy atom. The summed E-state index contributed by atoms with van der Waals surface area (Å²) < 4.78 is 19.5. The summed E-state index contributed by atoms with van der Waals surface area (Å²) in [6, 6.07) is 16.4. The Bertz CT molecular complexity index is 1800. The highest BCUT2D eigenvalue weighted by atomic mass is 35.5. The predicted octanol–water partition coefficient (Wildman–Crippen LogP) is 5.74. The third kappa shape index (κ3) is 10.2. The summed E-state index contributed by atoms with van der Waals surface area (Å²) in [4.78, 5) is 17.1. The number of rotatable bonds is 18. The minimum Gasteiger partial charge on any atom is -0.488 e. The van der Waals surface area contributed by atoms with E-state index >= 15 is 0 Å². The highest BCUT2D eigenvalue weighted by Crippen LogP contribution is 2.48. The van der Waals surface area contributed by atoms with Crippen molar-refractivity contribution in [3.8, 4) is 17.6 Å². The van der Waals surface area contributed by atoms with Crippen LogP contribution in [-0.4, -0.2) is 93.2 Å². The van der Waals surface area contributed by atoms with Gasteiger partial charge < -0.3 is 34.8 Å². The Morgan fingerprint density at radius 3 is 2.74 bits per heavy atom. The number of aliphatic carboxylic acids is 1. The molecule has 282 valence electrons. The van der Waals surface area contributed by atoms with E-state index in [1.54, 1.807) is 24.4 Å². The van der Waals surface area contributed by atoms with Crippen LogP contribution in [0, 0.1) is 11.3 Å². The molecular formula is C40H46Cl2N4O7. The summed E-state index contributed by atoms with van der Waals surface area (Å²) in [5.41, 5.74) is 2.41. The number of carboxylic acid groups (broad SMARTS) is 1. The van der Waals surface area contributed by atoms with Crippen molar-refractivity contribution in [2.75, 3.05) is 39.5 Å². The molecule has 3 aromatic rings. The first-order valence-electron chi connectivity index (χ1n) is 17.7. The third-order valence-electron chi connectivity index (χ3n) is 9.61. The molecule has 3 unspecified atom stereocenters. The quantitative estimate of drug-likeness (QED) is 0.0925. The molecule has 13 heteroatoms. The van der Waals surface area contributed by atoms with Gasteiger partial charge in [0.05, 0.1) is 23.3 Å². The van der Waals surface area contributed by atoms with Crippen molar-refractivity contribution in [3.05, 3.63) is 106 Å². The molecule has 2 aliphatic rings. The van der Waals surface area contributed by atoms with Gasteiger partial charge in [-0.1, -0.05) is 60.5 Å². The van der Waals surface area contributed by atoms with E-state index in [1.165, 1.54) is 6.20 Å². The monoisotopic (exact) mass is 764 g/mol. The first-order valence-corrected chi connectivity index (χ1v) is 18.5. The summed E-state index contributed by atoms with van der Waals surface area (Å²) in [6.45, 7) is 3.67. The number of benzene rings is 2. The highest BCUT2D eigenvalue weighted by Gasteiger charge is 2.51. The Labute approximate surface area is 320 Å². The van der Waals surface area contributed by atoms with E-state index in [0.717, 1.165) is 24.0 Å². The molecule has 2 aromatic carbocycles. The molecule has 4 N–H and O–H groups in total. The van der Waals surface area contributed by atoms with Gasteiger partial charge in [0.15, 0.2) is 0 Å². The van der Waals surface area contributed by atoms with Crippen LogP contribution in [0.1, 0.15) is 54.9 Å². The van der Waals surface area contributed by atoms with Gasteiger partial charge >= 0.3 is 5.97 Å². The molecule has 1 aliphatic heterocycles. The van der Waals surface area contributed by atoms with Crippen LogP contribution < -0.4 is 14.8 Å². The maximum absolute atomic E-state index is 12.1. The largest absolute Gasteiger partial charge is 0.488 e. The second-order valence-corrected chi connectivity index (χ2v) is 14.6. The van der Waals surface area contributed by atoms with Gasteiger partial charge in [-0.15, -0.1) is 11.6 Å². The number of nitrogens with one attached hydrogen (secondary N) is 1. The fourth-order valence-corrected chi connectivity index (χ4v) is 7.20. The molecule has 1 fully saturated rings. The second-order valence-electron chi connectivity index (χ2n) is 13.4. The number of aliphatic hydroxyl groups excluding tert-OH is 2. The van der Waals surface area contributed by atoms with Crippen LogP contribution in [-0.2, 0) is 22.7 Å². The lowest BCUT2D eigenvalue weighted by Crippen LogP contribution is -2.55. The van der Waals surface area contributed by atoms with E-state index in [2.05, 4.69) is 16.4 Å². The summed E-state index contributed by atoms with van der Waals surface area (Å²) in [5.74, 6) is -0.0950. The first kappa shape index (κ1) is 40.2. The molecule has 1 aliphatic carbocycles. The summed E-state index contributed by atoms with van der Waals surface area (Å²) in [5, 5.41) is 41.5. The van der Waals surface area contributed by atoms with E-state index in [4.69, 9.17) is 42.5 Å². The number of nitrogens with zero attached hydrogens (tertiary/aromatic N) is 3. The number of carbonyl (C=O) groups is 1. The van der Waals surface area contributed by atoms with Gasteiger partial charge in [0, 0.05) is 49.3 Å². The number of ether oxygens (including phenoxy) is 3. The molecule has 5 rings (SSSR count). The van der Waals surface area contributed by atoms with Crippen molar-refractivity contribution in [1.82, 2.24) is 15.2 Å². The molecule has 0 saturated carbocycles. The normalized spacial score (nSPS) is 22.1. The summed E-state index contributed by atoms with van der Waals surface area (Å²) in [7, 11) is 0. The van der Waals surface area contributed by atoms with Crippen LogP contribution in [0.5, 0.6) is 11.5 Å². The van der Waals surface area contributed by atoms with Gasteiger partial charge in [-0.25, -0.2) is 0 Å². The van der Waals surface area contributed by atoms with Gasteiger partial charge in [-0.2, -0.15) is 5.26 Å². The lowest BCUT2D eigenvalue weighted by atomic mass is 9.76. The van der Waals surface area contributed by atoms with Gasteiger partial charge in [-0.05, 0) is 68.6 Å². The number of hydrogen-bond acceptors (Lipinski definition) is 10. The summed E-state index contributed by atoms with van der Waals surface area (Å²) >= 11 is 14.4. The van der Waals surface area contributed by atoms with E-state index < -0.39 is 28.6 Å². The molecular weight excluding hydrogens is 719 g/mol. The topological polar surface area (TPSA) is 157 Å².